The molecule has 27 heavy (non-hydrogen) atoms. The Hall–Kier alpha value is -3.56. The molecule has 9 nitrogen and oxygen atoms in total. The number of halogens is 1. The van der Waals surface area contributed by atoms with Crippen molar-refractivity contribution in [2.45, 2.75) is 12.8 Å². The van der Waals surface area contributed by atoms with E-state index >= 15 is 0 Å². The number of benzene rings is 2. The number of anilines is 1. The molecule has 1 aliphatic heterocycles. The van der Waals surface area contributed by atoms with E-state index in [0.717, 1.165) is 18.2 Å². The lowest BCUT2D eigenvalue weighted by Gasteiger charge is -2.29. The highest BCUT2D eigenvalue weighted by molar-refractivity contribution is 5.95. The number of non-ortho nitro benzene ring substituents is 1. The Bertz CT molecular complexity index is 933. The fourth-order valence-corrected chi connectivity index (χ4v) is 2.93. The molecule has 0 radical (unpaired) electrons. The van der Waals surface area contributed by atoms with Gasteiger partial charge < -0.3 is 9.64 Å². The molecule has 0 unspecified atom stereocenters. The third-order valence-electron chi connectivity index (χ3n) is 4.16. The molecule has 140 valence electrons. The van der Waals surface area contributed by atoms with Crippen LogP contribution in [0.4, 0.5) is 21.5 Å². The van der Waals surface area contributed by atoms with E-state index in [9.17, 15) is 29.4 Å². The first-order valence-electron chi connectivity index (χ1n) is 8.01. The van der Waals surface area contributed by atoms with Gasteiger partial charge in [-0.15, -0.1) is 0 Å². The minimum Gasteiger partial charge on any atom is -0.477 e. The fraction of sp³-hybridized carbons (Fsp3) is 0.235. The molecule has 1 amide bonds. The summed E-state index contributed by atoms with van der Waals surface area (Å²) in [5, 5.41) is 21.9. The highest BCUT2D eigenvalue weighted by Gasteiger charge is 2.25. The van der Waals surface area contributed by atoms with Crippen molar-refractivity contribution < 1.29 is 23.8 Å². The Morgan fingerprint density at radius 1 is 1.15 bits per heavy atom. The molecule has 0 N–H and O–H groups in total. The summed E-state index contributed by atoms with van der Waals surface area (Å²) in [4.78, 5) is 34.6. The number of fused-ring (bicyclic) bond motifs is 1. The molecule has 0 saturated carbocycles. The Balaban J connectivity index is 1.78. The number of nitro groups is 2. The molecule has 0 aromatic heterocycles. The van der Waals surface area contributed by atoms with Crippen LogP contribution in [0, 0.1) is 26.0 Å². The zero-order valence-electron chi connectivity index (χ0n) is 14.0. The summed E-state index contributed by atoms with van der Waals surface area (Å²) in [6.07, 6.45) is 1.21. The van der Waals surface area contributed by atoms with Crippen molar-refractivity contribution in [2.24, 2.45) is 0 Å². The average Bonchev–Trinajstić information content (AvgIpc) is 2.64. The first-order chi connectivity index (χ1) is 12.9. The molecule has 0 bridgehead atoms. The van der Waals surface area contributed by atoms with Crippen molar-refractivity contribution in [3.05, 3.63) is 68.0 Å². The maximum absolute atomic E-state index is 13.3. The van der Waals surface area contributed by atoms with E-state index < -0.39 is 33.9 Å². The molecule has 2 aromatic rings. The SMILES string of the molecule is O=C(COc1cc(F)ccc1[N+](=O)[O-])N1CCCc2cc([N+](=O)[O-])ccc21. The van der Waals surface area contributed by atoms with Gasteiger partial charge in [-0.25, -0.2) is 4.39 Å². The summed E-state index contributed by atoms with van der Waals surface area (Å²) in [7, 11) is 0. The Morgan fingerprint density at radius 3 is 2.63 bits per heavy atom. The highest BCUT2D eigenvalue weighted by atomic mass is 19.1. The lowest BCUT2D eigenvalue weighted by atomic mass is 10.0. The fourth-order valence-electron chi connectivity index (χ4n) is 2.93. The molecule has 0 aliphatic carbocycles. The highest BCUT2D eigenvalue weighted by Crippen LogP contribution is 2.31. The summed E-state index contributed by atoms with van der Waals surface area (Å²) >= 11 is 0. The lowest BCUT2D eigenvalue weighted by molar-refractivity contribution is -0.385. The van der Waals surface area contributed by atoms with Crippen LogP contribution in [0.1, 0.15) is 12.0 Å². The van der Waals surface area contributed by atoms with Crippen molar-refractivity contribution in [3.63, 3.8) is 0 Å². The largest absolute Gasteiger partial charge is 0.477 e. The molecular formula is C17H14FN3O6. The van der Waals surface area contributed by atoms with Gasteiger partial charge in [0.25, 0.3) is 11.6 Å². The molecule has 10 heteroatoms. The van der Waals surface area contributed by atoms with Crippen molar-refractivity contribution >= 4 is 23.0 Å². The number of carbonyl (C=O) groups excluding carboxylic acids is 1. The van der Waals surface area contributed by atoms with Gasteiger partial charge in [-0.2, -0.15) is 0 Å². The smallest absolute Gasteiger partial charge is 0.311 e. The number of carbonyl (C=O) groups is 1. The van der Waals surface area contributed by atoms with E-state index in [4.69, 9.17) is 4.74 Å². The second kappa shape index (κ2) is 7.36. The van der Waals surface area contributed by atoms with Crippen molar-refractivity contribution in [1.82, 2.24) is 0 Å². The molecule has 1 heterocycles. The molecule has 0 fully saturated rings. The van der Waals surface area contributed by atoms with E-state index in [0.29, 0.717) is 30.6 Å². The first kappa shape index (κ1) is 18.2. The summed E-state index contributed by atoms with van der Waals surface area (Å²) in [6.45, 7) is -0.140. The minimum atomic E-state index is -0.728. The number of nitro benzene ring substituents is 2. The van der Waals surface area contributed by atoms with E-state index in [-0.39, 0.29) is 11.4 Å². The number of hydrogen-bond donors (Lipinski definition) is 0. The Kier molecular flexibility index (Phi) is 4.97. The predicted molar refractivity (Wildman–Crippen MR) is 92.3 cm³/mol. The molecule has 0 spiro atoms. The topological polar surface area (TPSA) is 116 Å². The van der Waals surface area contributed by atoms with Gasteiger partial charge in [-0.1, -0.05) is 0 Å². The van der Waals surface area contributed by atoms with Gasteiger partial charge in [0.1, 0.15) is 5.82 Å². The van der Waals surface area contributed by atoms with Gasteiger partial charge >= 0.3 is 5.69 Å². The van der Waals surface area contributed by atoms with Crippen molar-refractivity contribution in [2.75, 3.05) is 18.1 Å². The van der Waals surface area contributed by atoms with Crippen LogP contribution in [0.3, 0.4) is 0 Å². The summed E-state index contributed by atoms with van der Waals surface area (Å²) in [5.41, 5.74) is 0.697. The van der Waals surface area contributed by atoms with Crippen molar-refractivity contribution in [1.29, 1.82) is 0 Å². The van der Waals surface area contributed by atoms with Crippen LogP contribution >= 0.6 is 0 Å². The second-order valence-corrected chi connectivity index (χ2v) is 5.88. The number of ether oxygens (including phenoxy) is 1. The third kappa shape index (κ3) is 3.84. The molecule has 2 aromatic carbocycles. The zero-order chi connectivity index (χ0) is 19.6. The Morgan fingerprint density at radius 2 is 1.93 bits per heavy atom. The first-order valence-corrected chi connectivity index (χ1v) is 8.01. The minimum absolute atomic E-state index is 0.0605. The average molecular weight is 375 g/mol. The second-order valence-electron chi connectivity index (χ2n) is 5.88. The van der Waals surface area contributed by atoms with Crippen LogP contribution in [-0.4, -0.2) is 28.9 Å². The van der Waals surface area contributed by atoms with Gasteiger partial charge in [0.15, 0.2) is 6.61 Å². The van der Waals surface area contributed by atoms with Crippen LogP contribution in [-0.2, 0) is 11.2 Å². The zero-order valence-corrected chi connectivity index (χ0v) is 14.0. The van der Waals surface area contributed by atoms with Crippen LogP contribution in [0.15, 0.2) is 36.4 Å². The molecule has 0 atom stereocenters. The van der Waals surface area contributed by atoms with Crippen LogP contribution < -0.4 is 9.64 Å². The maximum Gasteiger partial charge on any atom is 0.311 e. The maximum atomic E-state index is 13.3. The standard InChI is InChI=1S/C17H14FN3O6/c18-12-3-5-15(21(25)26)16(9-12)27-10-17(22)19-7-1-2-11-8-13(20(23)24)4-6-14(11)19/h3-6,8-9H,1-2,7,10H2. The van der Waals surface area contributed by atoms with E-state index in [1.54, 1.807) is 0 Å². The Labute approximate surface area is 152 Å². The number of amides is 1. The number of nitrogens with zero attached hydrogens (tertiary/aromatic N) is 3. The van der Waals surface area contributed by atoms with Crippen LogP contribution in [0.2, 0.25) is 0 Å². The van der Waals surface area contributed by atoms with E-state index in [1.165, 1.54) is 23.1 Å². The summed E-state index contributed by atoms with van der Waals surface area (Å²) in [6, 6.07) is 6.97. The monoisotopic (exact) mass is 375 g/mol. The number of rotatable bonds is 5. The number of aryl methyl sites for hydroxylation is 1. The predicted octanol–water partition coefficient (Wildman–Crippen LogP) is 3.00. The third-order valence-corrected chi connectivity index (χ3v) is 4.16. The number of hydrogen-bond acceptors (Lipinski definition) is 6. The molecule has 1 aliphatic rings. The van der Waals surface area contributed by atoms with Gasteiger partial charge in [0.2, 0.25) is 5.75 Å². The lowest BCUT2D eigenvalue weighted by Crippen LogP contribution is -2.38. The molecule has 0 saturated heterocycles. The van der Waals surface area contributed by atoms with Gasteiger partial charge in [0.05, 0.1) is 9.85 Å². The van der Waals surface area contributed by atoms with Crippen LogP contribution in [0.5, 0.6) is 5.75 Å². The van der Waals surface area contributed by atoms with E-state index in [2.05, 4.69) is 0 Å². The van der Waals surface area contributed by atoms with Gasteiger partial charge in [-0.05, 0) is 30.5 Å². The summed E-state index contributed by atoms with van der Waals surface area (Å²) < 4.78 is 18.5. The van der Waals surface area contributed by atoms with E-state index in [1.807, 2.05) is 0 Å². The summed E-state index contributed by atoms with van der Waals surface area (Å²) in [5.74, 6) is -1.55. The van der Waals surface area contributed by atoms with Gasteiger partial charge in [-0.3, -0.25) is 25.0 Å². The quantitative estimate of drug-likeness (QED) is 0.586. The van der Waals surface area contributed by atoms with Crippen LogP contribution in [0.25, 0.3) is 0 Å². The van der Waals surface area contributed by atoms with Gasteiger partial charge in [0, 0.05) is 36.5 Å². The normalized spacial score (nSPS) is 13.0. The molecular weight excluding hydrogens is 361 g/mol. The van der Waals surface area contributed by atoms with Crippen molar-refractivity contribution in [3.8, 4) is 5.75 Å². The molecule has 3 rings (SSSR count).